The summed E-state index contributed by atoms with van der Waals surface area (Å²) in [7, 11) is 0. The van der Waals surface area contributed by atoms with E-state index in [0.717, 1.165) is 33.2 Å². The zero-order valence-electron chi connectivity index (χ0n) is 17.7. The van der Waals surface area contributed by atoms with Gasteiger partial charge in [-0.25, -0.2) is 0 Å². The Bertz CT molecular complexity index is 1390. The van der Waals surface area contributed by atoms with Crippen LogP contribution in [0.1, 0.15) is 53.3 Å². The van der Waals surface area contributed by atoms with Crippen LogP contribution in [0.5, 0.6) is 11.5 Å². The van der Waals surface area contributed by atoms with Crippen LogP contribution in [0.3, 0.4) is 0 Å². The Kier molecular flexibility index (Phi) is 3.47. The van der Waals surface area contributed by atoms with Gasteiger partial charge in [-0.1, -0.05) is 6.92 Å². The minimum Gasteiger partial charge on any atom is -0.507 e. The molecule has 5 heteroatoms. The molecule has 0 bridgehead atoms. The van der Waals surface area contributed by atoms with Gasteiger partial charge in [0.2, 0.25) is 0 Å². The van der Waals surface area contributed by atoms with Crippen LogP contribution >= 0.6 is 0 Å². The van der Waals surface area contributed by atoms with Crippen molar-refractivity contribution in [2.75, 3.05) is 0 Å². The zero-order valence-corrected chi connectivity index (χ0v) is 17.7. The highest BCUT2D eigenvalue weighted by Gasteiger charge is 2.37. The number of rotatable bonds is 0. The van der Waals surface area contributed by atoms with Crippen molar-refractivity contribution >= 4 is 21.9 Å². The number of hydrogen-bond donors (Lipinski definition) is 1. The summed E-state index contributed by atoms with van der Waals surface area (Å²) in [6, 6.07) is 0. The molecule has 0 saturated heterocycles. The van der Waals surface area contributed by atoms with E-state index in [1.54, 1.807) is 0 Å². The molecule has 29 heavy (non-hydrogen) atoms. The molecule has 1 aliphatic carbocycles. The third-order valence-corrected chi connectivity index (χ3v) is 6.83. The molecule has 3 heterocycles. The van der Waals surface area contributed by atoms with Crippen molar-refractivity contribution in [3.05, 3.63) is 43.8 Å². The van der Waals surface area contributed by atoms with Crippen molar-refractivity contribution in [3.63, 3.8) is 0 Å². The Hall–Kier alpha value is -2.95. The Morgan fingerprint density at radius 2 is 1.52 bits per heavy atom. The van der Waals surface area contributed by atoms with Gasteiger partial charge in [0.1, 0.15) is 34.5 Å². The molecule has 150 valence electrons. The molecule has 0 fully saturated rings. The molecule has 1 aromatic heterocycles. The van der Waals surface area contributed by atoms with Crippen LogP contribution in [0.25, 0.3) is 33.3 Å². The third-order valence-electron chi connectivity index (χ3n) is 6.83. The van der Waals surface area contributed by atoms with Crippen molar-refractivity contribution in [3.8, 4) is 22.8 Å². The third kappa shape index (κ3) is 2.03. The summed E-state index contributed by atoms with van der Waals surface area (Å²) in [5.41, 5.74) is 5.41. The first-order valence-corrected chi connectivity index (χ1v) is 9.96. The summed E-state index contributed by atoms with van der Waals surface area (Å²) in [5, 5.41) is 12.4. The van der Waals surface area contributed by atoms with Crippen molar-refractivity contribution < 1.29 is 18.7 Å². The van der Waals surface area contributed by atoms with Crippen molar-refractivity contribution in [2.24, 2.45) is 0 Å². The number of aryl methyl sites for hydroxylation is 4. The average molecular weight is 392 g/mol. The van der Waals surface area contributed by atoms with Crippen LogP contribution in [0.15, 0.2) is 13.6 Å². The standard InChI is InChI=1S/C24H24O5/c1-8-13(6)27-22-17-15(8)10(3)19(25)12(5)21(17)29-24-18(22)20(26)11(4)16-9(2)14(7)28-23(16)24/h8,13,25H,1-7H3/t8-,13-/m1/s1. The predicted octanol–water partition coefficient (Wildman–Crippen LogP) is 5.78. The molecule has 0 unspecified atom stereocenters. The minimum absolute atomic E-state index is 0.0529. The fourth-order valence-electron chi connectivity index (χ4n) is 4.86. The molecule has 0 saturated carbocycles. The lowest BCUT2D eigenvalue weighted by atomic mass is 9.83. The molecular formula is C24H24O5. The Balaban J connectivity index is 2.15. The van der Waals surface area contributed by atoms with Crippen LogP contribution in [0, 0.1) is 34.6 Å². The van der Waals surface area contributed by atoms with Gasteiger partial charge in [0.25, 0.3) is 0 Å². The molecule has 0 spiro atoms. The van der Waals surface area contributed by atoms with E-state index >= 15 is 0 Å². The second-order valence-corrected chi connectivity index (χ2v) is 8.40. The fourth-order valence-corrected chi connectivity index (χ4v) is 4.86. The number of fused-ring (bicyclic) bond motifs is 4. The topological polar surface area (TPSA) is 72.8 Å². The van der Waals surface area contributed by atoms with E-state index in [-0.39, 0.29) is 23.2 Å². The lowest BCUT2D eigenvalue weighted by Gasteiger charge is -2.33. The van der Waals surface area contributed by atoms with Gasteiger partial charge in [0, 0.05) is 22.4 Å². The molecular weight excluding hydrogens is 368 g/mol. The summed E-state index contributed by atoms with van der Waals surface area (Å²) in [6.07, 6.45) is -0.146. The second-order valence-electron chi connectivity index (χ2n) is 8.40. The maximum atomic E-state index is 13.5. The first kappa shape index (κ1) is 18.1. The molecule has 2 aromatic rings. The van der Waals surface area contributed by atoms with Gasteiger partial charge in [-0.05, 0) is 58.2 Å². The second kappa shape index (κ2) is 5.56. The normalized spacial score (nSPS) is 18.7. The van der Waals surface area contributed by atoms with Crippen molar-refractivity contribution in [2.45, 2.75) is 60.5 Å². The summed E-state index contributed by atoms with van der Waals surface area (Å²) < 4.78 is 18.7. The van der Waals surface area contributed by atoms with Gasteiger partial charge < -0.3 is 18.7 Å². The quantitative estimate of drug-likeness (QED) is 0.384. The number of hydrogen-bond acceptors (Lipinski definition) is 5. The summed E-state index contributed by atoms with van der Waals surface area (Å²) in [4.78, 5) is 13.5. The van der Waals surface area contributed by atoms with Gasteiger partial charge in [-0.15, -0.1) is 0 Å². The van der Waals surface area contributed by atoms with Crippen LogP contribution in [-0.2, 0) is 0 Å². The molecule has 2 atom stereocenters. The Morgan fingerprint density at radius 1 is 0.828 bits per heavy atom. The maximum Gasteiger partial charge on any atom is 0.197 e. The van der Waals surface area contributed by atoms with E-state index in [1.807, 2.05) is 41.5 Å². The van der Waals surface area contributed by atoms with Crippen molar-refractivity contribution in [1.29, 1.82) is 0 Å². The van der Waals surface area contributed by atoms with E-state index in [1.165, 1.54) is 0 Å². The molecule has 5 rings (SSSR count). The molecule has 2 aliphatic heterocycles. The number of phenolic OH excluding ortho intramolecular Hbond substituents is 1. The maximum absolute atomic E-state index is 13.5. The van der Waals surface area contributed by atoms with Gasteiger partial charge in [-0.3, -0.25) is 4.79 Å². The number of benzene rings is 2. The molecule has 1 aromatic carbocycles. The highest BCUT2D eigenvalue weighted by atomic mass is 16.5. The lowest BCUT2D eigenvalue weighted by Crippen LogP contribution is -2.27. The van der Waals surface area contributed by atoms with Gasteiger partial charge in [-0.2, -0.15) is 0 Å². The van der Waals surface area contributed by atoms with E-state index in [4.69, 9.17) is 13.6 Å². The van der Waals surface area contributed by atoms with E-state index < -0.39 is 0 Å². The Morgan fingerprint density at radius 3 is 2.21 bits per heavy atom. The number of aromatic hydroxyl groups is 1. The fraction of sp³-hybridized carbons (Fsp3) is 0.375. The molecule has 0 amide bonds. The summed E-state index contributed by atoms with van der Waals surface area (Å²) >= 11 is 0. The predicted molar refractivity (Wildman–Crippen MR) is 113 cm³/mol. The Labute approximate surface area is 168 Å². The minimum atomic E-state index is -0.146. The first-order chi connectivity index (χ1) is 13.6. The number of ether oxygens (including phenoxy) is 1. The highest BCUT2D eigenvalue weighted by Crippen LogP contribution is 2.52. The lowest BCUT2D eigenvalue weighted by molar-refractivity contribution is 0.189. The number of furan rings is 1. The first-order valence-electron chi connectivity index (χ1n) is 9.96. The molecule has 1 N–H and O–H groups in total. The SMILES string of the molecule is Cc1oc2c3oc4c(C)c(O)c(C)c5c4c(c-3c(=O)c(C)c2c1C)O[C@H](C)[C@H]5C. The van der Waals surface area contributed by atoms with Gasteiger partial charge in [0.15, 0.2) is 16.8 Å². The largest absolute Gasteiger partial charge is 0.507 e. The van der Waals surface area contributed by atoms with Crippen LogP contribution in [0.2, 0.25) is 0 Å². The zero-order chi connectivity index (χ0) is 20.9. The van der Waals surface area contributed by atoms with Crippen LogP contribution < -0.4 is 10.2 Å². The summed E-state index contributed by atoms with van der Waals surface area (Å²) in [5.74, 6) is 1.95. The number of phenols is 1. The smallest absolute Gasteiger partial charge is 0.197 e. The van der Waals surface area contributed by atoms with E-state index in [0.29, 0.717) is 39.4 Å². The van der Waals surface area contributed by atoms with E-state index in [2.05, 4.69) is 6.92 Å². The van der Waals surface area contributed by atoms with E-state index in [9.17, 15) is 9.90 Å². The monoisotopic (exact) mass is 392 g/mol. The van der Waals surface area contributed by atoms with Crippen LogP contribution in [-0.4, -0.2) is 11.2 Å². The van der Waals surface area contributed by atoms with Crippen LogP contribution in [0.4, 0.5) is 0 Å². The average Bonchev–Trinajstić information content (AvgIpc) is 2.98. The van der Waals surface area contributed by atoms with Crippen molar-refractivity contribution in [1.82, 2.24) is 0 Å². The summed E-state index contributed by atoms with van der Waals surface area (Å²) in [6.45, 7) is 13.4. The molecule has 5 nitrogen and oxygen atoms in total. The molecule has 3 aliphatic rings. The van der Waals surface area contributed by atoms with Gasteiger partial charge in [0.05, 0.1) is 5.39 Å². The van der Waals surface area contributed by atoms with Gasteiger partial charge >= 0.3 is 0 Å². The molecule has 0 radical (unpaired) electrons. The highest BCUT2D eigenvalue weighted by molar-refractivity contribution is 6.05.